The molecule has 0 heterocycles. The predicted molar refractivity (Wildman–Crippen MR) is 65.2 cm³/mol. The summed E-state index contributed by atoms with van der Waals surface area (Å²) in [6, 6.07) is 7.68. The second-order valence-electron chi connectivity index (χ2n) is 3.59. The van der Waals surface area contributed by atoms with Crippen LogP contribution in [0.2, 0.25) is 0 Å². The summed E-state index contributed by atoms with van der Waals surface area (Å²) in [7, 11) is -1.29. The first-order valence-electron chi connectivity index (χ1n) is 5.40. The van der Waals surface area contributed by atoms with Crippen LogP contribution in [0.1, 0.15) is 0 Å². The second kappa shape index (κ2) is 7.13. The van der Waals surface area contributed by atoms with Crippen LogP contribution in [0.3, 0.4) is 0 Å². The Hall–Kier alpha value is -1.57. The zero-order valence-corrected chi connectivity index (χ0v) is 10.7. The maximum atomic E-state index is 11.8. The number of benzene rings is 1. The second-order valence-corrected chi connectivity index (χ2v) is 5.16. The van der Waals surface area contributed by atoms with E-state index in [9.17, 15) is 22.2 Å². The molecule has 0 aromatic heterocycles. The number of hydrogen-bond donors (Lipinski definition) is 2. The van der Waals surface area contributed by atoms with E-state index < -0.39 is 29.6 Å². The molecular weight excluding hydrogens is 281 g/mol. The fourth-order valence-corrected chi connectivity index (χ4v) is 2.17. The number of alkyl halides is 3. The highest BCUT2D eigenvalue weighted by Crippen LogP contribution is 2.11. The molecule has 8 heteroatoms. The van der Waals surface area contributed by atoms with E-state index in [4.69, 9.17) is 0 Å². The lowest BCUT2D eigenvalue weighted by atomic mass is 10.4. The Morgan fingerprint density at radius 1 is 1.16 bits per heavy atom. The van der Waals surface area contributed by atoms with Gasteiger partial charge < -0.3 is 10.6 Å². The largest absolute Gasteiger partial charge is 0.405 e. The number of urea groups is 1. The molecule has 2 N–H and O–H groups in total. The number of amides is 2. The minimum atomic E-state index is -4.44. The third-order valence-electron chi connectivity index (χ3n) is 2.03. The number of rotatable bonds is 5. The first kappa shape index (κ1) is 15.5. The lowest BCUT2D eigenvalue weighted by molar-refractivity contribution is -0.122. The Bertz CT molecular complexity index is 437. The van der Waals surface area contributed by atoms with Gasteiger partial charge in [-0.15, -0.1) is 0 Å². The van der Waals surface area contributed by atoms with E-state index in [2.05, 4.69) is 5.32 Å². The Balaban J connectivity index is 2.24. The molecule has 0 bridgehead atoms. The quantitative estimate of drug-likeness (QED) is 0.867. The summed E-state index contributed by atoms with van der Waals surface area (Å²) in [5, 5.41) is 3.87. The van der Waals surface area contributed by atoms with E-state index in [1.54, 1.807) is 35.6 Å². The molecule has 0 fully saturated rings. The summed E-state index contributed by atoms with van der Waals surface area (Å²) in [5.74, 6) is 0.142. The first-order chi connectivity index (χ1) is 8.88. The molecule has 0 saturated carbocycles. The number of nitrogens with one attached hydrogen (secondary N) is 2. The maximum absolute atomic E-state index is 11.8. The molecule has 1 aromatic carbocycles. The molecule has 19 heavy (non-hydrogen) atoms. The van der Waals surface area contributed by atoms with Gasteiger partial charge in [0.15, 0.2) is 0 Å². The molecule has 0 saturated heterocycles. The molecule has 0 aliphatic carbocycles. The van der Waals surface area contributed by atoms with Gasteiger partial charge in [-0.2, -0.15) is 13.2 Å². The SMILES string of the molecule is O=C(NCC[S@@](=O)c1ccccc1)NCC(F)(F)F. The normalized spacial score (nSPS) is 12.8. The molecule has 1 aromatic rings. The van der Waals surface area contributed by atoms with Gasteiger partial charge in [0.1, 0.15) is 6.54 Å². The van der Waals surface area contributed by atoms with Crippen molar-refractivity contribution in [2.75, 3.05) is 18.8 Å². The van der Waals surface area contributed by atoms with Crippen LogP contribution in [0.4, 0.5) is 18.0 Å². The Morgan fingerprint density at radius 2 is 1.79 bits per heavy atom. The zero-order chi connectivity index (χ0) is 14.3. The molecule has 0 aliphatic heterocycles. The summed E-state index contributed by atoms with van der Waals surface area (Å²) in [5.41, 5.74) is 0. The van der Waals surface area contributed by atoms with Crippen LogP contribution in [0.25, 0.3) is 0 Å². The van der Waals surface area contributed by atoms with E-state index >= 15 is 0 Å². The van der Waals surface area contributed by atoms with Crippen LogP contribution >= 0.6 is 0 Å². The van der Waals surface area contributed by atoms with E-state index in [0.717, 1.165) is 0 Å². The topological polar surface area (TPSA) is 58.2 Å². The molecular formula is C11H13F3N2O2S. The summed E-state index contributed by atoms with van der Waals surface area (Å²) < 4.78 is 47.1. The fraction of sp³-hybridized carbons (Fsp3) is 0.364. The first-order valence-corrected chi connectivity index (χ1v) is 6.72. The van der Waals surface area contributed by atoms with Crippen molar-refractivity contribution in [2.45, 2.75) is 11.1 Å². The molecule has 106 valence electrons. The predicted octanol–water partition coefficient (Wildman–Crippen LogP) is 1.66. The Morgan fingerprint density at radius 3 is 2.37 bits per heavy atom. The van der Waals surface area contributed by atoms with Crippen LogP contribution in [0.15, 0.2) is 35.2 Å². The number of carbonyl (C=O) groups is 1. The van der Waals surface area contributed by atoms with Gasteiger partial charge >= 0.3 is 12.2 Å². The highest BCUT2D eigenvalue weighted by atomic mass is 32.2. The Kier molecular flexibility index (Phi) is 5.81. The van der Waals surface area contributed by atoms with Crippen molar-refractivity contribution in [1.29, 1.82) is 0 Å². The molecule has 1 atom stereocenters. The van der Waals surface area contributed by atoms with Crippen molar-refractivity contribution in [3.05, 3.63) is 30.3 Å². The van der Waals surface area contributed by atoms with Gasteiger partial charge in [-0.25, -0.2) is 4.79 Å². The fourth-order valence-electron chi connectivity index (χ4n) is 1.19. The zero-order valence-electron chi connectivity index (χ0n) is 9.87. The van der Waals surface area contributed by atoms with Crippen molar-refractivity contribution >= 4 is 16.8 Å². The van der Waals surface area contributed by atoms with Crippen LogP contribution in [0.5, 0.6) is 0 Å². The summed E-state index contributed by atoms with van der Waals surface area (Å²) in [6.07, 6.45) is -4.44. The van der Waals surface area contributed by atoms with Gasteiger partial charge in [0.25, 0.3) is 0 Å². The van der Waals surface area contributed by atoms with Gasteiger partial charge in [-0.05, 0) is 12.1 Å². The maximum Gasteiger partial charge on any atom is 0.405 e. The standard InChI is InChI=1S/C11H13F3N2O2S/c12-11(13,14)8-16-10(17)15-6-7-19(18)9-4-2-1-3-5-9/h1-5H,6-8H2,(H2,15,16,17)/t19-/m1/s1. The molecule has 0 spiro atoms. The molecule has 0 aliphatic rings. The molecule has 1 rings (SSSR count). The number of halogens is 3. The Labute approximate surface area is 110 Å². The third-order valence-corrected chi connectivity index (χ3v) is 3.40. The van der Waals surface area contributed by atoms with E-state index in [1.165, 1.54) is 0 Å². The van der Waals surface area contributed by atoms with E-state index in [1.807, 2.05) is 0 Å². The highest BCUT2D eigenvalue weighted by Gasteiger charge is 2.27. The average molecular weight is 294 g/mol. The highest BCUT2D eigenvalue weighted by molar-refractivity contribution is 7.85. The van der Waals surface area contributed by atoms with Crippen LogP contribution in [-0.4, -0.2) is 35.3 Å². The summed E-state index contributed by atoms with van der Waals surface area (Å²) in [4.78, 5) is 11.6. The van der Waals surface area contributed by atoms with Gasteiger partial charge in [0.05, 0.1) is 10.8 Å². The van der Waals surface area contributed by atoms with E-state index in [0.29, 0.717) is 4.90 Å². The molecule has 0 radical (unpaired) electrons. The van der Waals surface area contributed by atoms with Gasteiger partial charge in [-0.3, -0.25) is 4.21 Å². The smallest absolute Gasteiger partial charge is 0.337 e. The van der Waals surface area contributed by atoms with Gasteiger partial charge in [0.2, 0.25) is 0 Å². The van der Waals surface area contributed by atoms with Crippen molar-refractivity contribution in [3.8, 4) is 0 Å². The van der Waals surface area contributed by atoms with Crippen LogP contribution in [0, 0.1) is 0 Å². The van der Waals surface area contributed by atoms with Crippen molar-refractivity contribution < 1.29 is 22.2 Å². The molecule has 4 nitrogen and oxygen atoms in total. The van der Waals surface area contributed by atoms with Crippen LogP contribution < -0.4 is 10.6 Å². The number of hydrogen-bond acceptors (Lipinski definition) is 2. The monoisotopic (exact) mass is 294 g/mol. The van der Waals surface area contributed by atoms with Crippen molar-refractivity contribution in [2.24, 2.45) is 0 Å². The molecule has 2 amide bonds. The van der Waals surface area contributed by atoms with Gasteiger partial charge in [0, 0.05) is 17.2 Å². The minimum Gasteiger partial charge on any atom is -0.337 e. The van der Waals surface area contributed by atoms with Crippen molar-refractivity contribution in [3.63, 3.8) is 0 Å². The number of carbonyl (C=O) groups excluding carboxylic acids is 1. The van der Waals surface area contributed by atoms with Crippen LogP contribution in [-0.2, 0) is 10.8 Å². The van der Waals surface area contributed by atoms with E-state index in [-0.39, 0.29) is 12.3 Å². The minimum absolute atomic E-state index is 0.0329. The lowest BCUT2D eigenvalue weighted by Crippen LogP contribution is -2.41. The van der Waals surface area contributed by atoms with Gasteiger partial charge in [-0.1, -0.05) is 18.2 Å². The summed E-state index contributed by atoms with van der Waals surface area (Å²) >= 11 is 0. The molecule has 0 unspecified atom stereocenters. The summed E-state index contributed by atoms with van der Waals surface area (Å²) in [6.45, 7) is -1.36. The lowest BCUT2D eigenvalue weighted by Gasteiger charge is -2.09. The third kappa shape index (κ3) is 6.80. The average Bonchev–Trinajstić information content (AvgIpc) is 2.36. The van der Waals surface area contributed by atoms with Crippen molar-refractivity contribution in [1.82, 2.24) is 10.6 Å².